The second-order valence-corrected chi connectivity index (χ2v) is 9.14. The van der Waals surface area contributed by atoms with E-state index in [4.69, 9.17) is 5.73 Å². The number of pyridine rings is 1. The average molecular weight is 467 g/mol. The van der Waals surface area contributed by atoms with Crippen molar-refractivity contribution in [1.29, 1.82) is 0 Å². The Hall–Kier alpha value is -4.14. The van der Waals surface area contributed by atoms with E-state index >= 15 is 0 Å². The van der Waals surface area contributed by atoms with Crippen molar-refractivity contribution >= 4 is 23.4 Å². The van der Waals surface area contributed by atoms with Crippen molar-refractivity contribution < 1.29 is 4.79 Å². The molecule has 1 aromatic carbocycles. The van der Waals surface area contributed by atoms with Crippen molar-refractivity contribution in [3.05, 3.63) is 65.0 Å². The van der Waals surface area contributed by atoms with Crippen molar-refractivity contribution in [3.63, 3.8) is 0 Å². The van der Waals surface area contributed by atoms with Crippen LogP contribution in [0.3, 0.4) is 0 Å². The molecule has 0 bridgehead atoms. The molecule has 0 saturated carbocycles. The van der Waals surface area contributed by atoms with E-state index in [2.05, 4.69) is 48.8 Å². The Morgan fingerprint density at radius 3 is 2.69 bits per heavy atom. The first-order valence-corrected chi connectivity index (χ1v) is 12.1. The van der Waals surface area contributed by atoms with Crippen LogP contribution in [-0.4, -0.2) is 35.7 Å². The number of aryl methyl sites for hydroxylation is 4. The van der Waals surface area contributed by atoms with Gasteiger partial charge < -0.3 is 11.1 Å². The van der Waals surface area contributed by atoms with E-state index < -0.39 is 0 Å². The fourth-order valence-electron chi connectivity index (χ4n) is 4.95. The van der Waals surface area contributed by atoms with Crippen LogP contribution < -0.4 is 11.1 Å². The zero-order chi connectivity index (χ0) is 23.8. The molecule has 0 saturated heterocycles. The number of hydrogen-bond donors (Lipinski definition) is 2. The van der Waals surface area contributed by atoms with Gasteiger partial charge in [0.25, 0.3) is 0 Å². The molecule has 0 radical (unpaired) electrons. The highest BCUT2D eigenvalue weighted by Crippen LogP contribution is 2.31. The number of aromatic nitrogens is 6. The van der Waals surface area contributed by atoms with E-state index in [1.807, 2.05) is 18.2 Å². The molecule has 3 N–H and O–H groups in total. The molecule has 176 valence electrons. The van der Waals surface area contributed by atoms with Gasteiger partial charge in [-0.05, 0) is 67.3 Å². The Bertz CT molecular complexity index is 1430. The number of Topliss-reactive ketones (excluding diaryl/α,β-unsaturated/α-hetero) is 1. The number of fused-ring (bicyclic) bond motifs is 4. The highest BCUT2D eigenvalue weighted by atomic mass is 16.1. The number of rotatable bonds is 3. The van der Waals surface area contributed by atoms with Gasteiger partial charge in [-0.15, -0.1) is 15.3 Å². The van der Waals surface area contributed by atoms with Gasteiger partial charge in [0.2, 0.25) is 11.9 Å². The monoisotopic (exact) mass is 466 g/mol. The first kappa shape index (κ1) is 21.4. The summed E-state index contributed by atoms with van der Waals surface area (Å²) in [4.78, 5) is 20.9. The third-order valence-electron chi connectivity index (χ3n) is 6.73. The van der Waals surface area contributed by atoms with Crippen molar-refractivity contribution in [2.24, 2.45) is 0 Å². The van der Waals surface area contributed by atoms with Crippen LogP contribution in [-0.2, 0) is 30.5 Å². The number of hydrogen-bond acceptors (Lipinski definition) is 8. The molecule has 2 aliphatic carbocycles. The molecular weight excluding hydrogens is 440 g/mol. The van der Waals surface area contributed by atoms with E-state index in [-0.39, 0.29) is 5.95 Å². The Morgan fingerprint density at radius 2 is 1.74 bits per heavy atom. The maximum Gasteiger partial charge on any atom is 0.248 e. The Labute approximate surface area is 202 Å². The number of benzene rings is 1. The fraction of sp³-hybridized carbons (Fsp3) is 0.308. The van der Waals surface area contributed by atoms with E-state index in [0.717, 1.165) is 65.9 Å². The third kappa shape index (κ3) is 4.25. The number of nitrogens with one attached hydrogen (secondary N) is 1. The second kappa shape index (κ2) is 8.90. The number of nitrogen functional groups attached to an aromatic ring is 1. The minimum absolute atomic E-state index is 0.223. The SMILES string of the molecule is Nc1nc(Nc2cnc3c(c2)CCC(=O)CCC3)nn1-c1cc2c(nn1)-c1ccccc1CCC2. The van der Waals surface area contributed by atoms with Gasteiger partial charge in [-0.25, -0.2) is 0 Å². The van der Waals surface area contributed by atoms with Crippen molar-refractivity contribution in [2.75, 3.05) is 11.1 Å². The second-order valence-electron chi connectivity index (χ2n) is 9.14. The van der Waals surface area contributed by atoms with Crippen LogP contribution in [0.15, 0.2) is 42.6 Å². The molecule has 0 aliphatic heterocycles. The summed E-state index contributed by atoms with van der Waals surface area (Å²) in [6, 6.07) is 12.4. The largest absolute Gasteiger partial charge is 0.368 e. The summed E-state index contributed by atoms with van der Waals surface area (Å²) in [6.07, 6.45) is 8.32. The van der Waals surface area contributed by atoms with Gasteiger partial charge in [0.15, 0.2) is 5.82 Å². The lowest BCUT2D eigenvalue weighted by Crippen LogP contribution is -2.09. The summed E-state index contributed by atoms with van der Waals surface area (Å²) >= 11 is 0. The van der Waals surface area contributed by atoms with Crippen molar-refractivity contribution in [2.45, 2.75) is 51.4 Å². The first-order valence-electron chi connectivity index (χ1n) is 12.1. The van der Waals surface area contributed by atoms with Crippen molar-refractivity contribution in [3.8, 4) is 17.1 Å². The fourth-order valence-corrected chi connectivity index (χ4v) is 4.95. The molecule has 4 aromatic rings. The summed E-state index contributed by atoms with van der Waals surface area (Å²) in [5.74, 6) is 1.43. The predicted molar refractivity (Wildman–Crippen MR) is 133 cm³/mol. The highest BCUT2D eigenvalue weighted by Gasteiger charge is 2.19. The zero-order valence-electron chi connectivity index (χ0n) is 19.4. The van der Waals surface area contributed by atoms with Crippen LogP contribution in [0.1, 0.15) is 48.1 Å². The molecule has 6 rings (SSSR count). The van der Waals surface area contributed by atoms with Crippen LogP contribution in [0.4, 0.5) is 17.6 Å². The first-order chi connectivity index (χ1) is 17.1. The Balaban J connectivity index is 1.27. The highest BCUT2D eigenvalue weighted by molar-refractivity contribution is 5.79. The van der Waals surface area contributed by atoms with Crippen LogP contribution >= 0.6 is 0 Å². The smallest absolute Gasteiger partial charge is 0.248 e. The van der Waals surface area contributed by atoms with E-state index in [0.29, 0.717) is 36.8 Å². The minimum atomic E-state index is 0.223. The van der Waals surface area contributed by atoms with Gasteiger partial charge >= 0.3 is 0 Å². The van der Waals surface area contributed by atoms with Gasteiger partial charge in [-0.3, -0.25) is 9.78 Å². The van der Waals surface area contributed by atoms with Crippen LogP contribution in [0.25, 0.3) is 17.1 Å². The third-order valence-corrected chi connectivity index (χ3v) is 6.73. The molecule has 2 aliphatic rings. The average Bonchev–Trinajstić information content (AvgIpc) is 3.11. The summed E-state index contributed by atoms with van der Waals surface area (Å²) in [5, 5.41) is 16.7. The standard InChI is InChI=1S/C26H26N8O/c27-25-30-26(29-19-13-17-11-12-20(35)8-4-10-22(17)28-15-19)33-34(25)23-14-18-7-3-6-16-5-1-2-9-21(16)24(18)32-31-23/h1-2,5,9,13-15H,3-4,6-8,10-12H2,(H3,27,29,30,33). The topological polar surface area (TPSA) is 124 Å². The number of anilines is 3. The van der Waals surface area contributed by atoms with Gasteiger partial charge in [0, 0.05) is 24.1 Å². The molecule has 0 spiro atoms. The molecule has 9 heteroatoms. The van der Waals surface area contributed by atoms with E-state index in [9.17, 15) is 4.79 Å². The predicted octanol–water partition coefficient (Wildman–Crippen LogP) is 3.77. The summed E-state index contributed by atoms with van der Waals surface area (Å²) in [6.45, 7) is 0. The lowest BCUT2D eigenvalue weighted by Gasteiger charge is -2.13. The molecule has 0 fully saturated rings. The molecule has 0 atom stereocenters. The number of carbonyl (C=O) groups excluding carboxylic acids is 1. The van der Waals surface area contributed by atoms with Crippen molar-refractivity contribution in [1.82, 2.24) is 29.9 Å². The van der Waals surface area contributed by atoms with Crippen LogP contribution in [0.5, 0.6) is 0 Å². The number of ketones is 1. The minimum Gasteiger partial charge on any atom is -0.368 e. The number of nitrogens with two attached hydrogens (primary N) is 1. The zero-order valence-corrected chi connectivity index (χ0v) is 19.4. The van der Waals surface area contributed by atoms with Crippen LogP contribution in [0, 0.1) is 0 Å². The van der Waals surface area contributed by atoms with Gasteiger partial charge in [-0.1, -0.05) is 24.3 Å². The van der Waals surface area contributed by atoms with Gasteiger partial charge in [-0.2, -0.15) is 9.67 Å². The van der Waals surface area contributed by atoms with Gasteiger partial charge in [0.1, 0.15) is 5.78 Å². The van der Waals surface area contributed by atoms with Crippen LogP contribution in [0.2, 0.25) is 0 Å². The lowest BCUT2D eigenvalue weighted by atomic mass is 9.96. The normalized spacial score (nSPS) is 15.3. The van der Waals surface area contributed by atoms with Gasteiger partial charge in [0.05, 0.1) is 17.6 Å². The summed E-state index contributed by atoms with van der Waals surface area (Å²) < 4.78 is 1.51. The Morgan fingerprint density at radius 1 is 0.886 bits per heavy atom. The Kier molecular flexibility index (Phi) is 5.44. The molecule has 35 heavy (non-hydrogen) atoms. The molecular formula is C26H26N8O. The molecule has 0 unspecified atom stereocenters. The quantitative estimate of drug-likeness (QED) is 0.467. The maximum absolute atomic E-state index is 11.9. The number of carbonyl (C=O) groups is 1. The summed E-state index contributed by atoms with van der Waals surface area (Å²) in [5.41, 5.74) is 13.6. The van der Waals surface area contributed by atoms with E-state index in [1.54, 1.807) is 6.20 Å². The summed E-state index contributed by atoms with van der Waals surface area (Å²) in [7, 11) is 0. The molecule has 0 amide bonds. The number of nitrogens with zero attached hydrogens (tertiary/aromatic N) is 6. The molecule has 3 aromatic heterocycles. The molecule has 3 heterocycles. The maximum atomic E-state index is 11.9. The molecule has 9 nitrogen and oxygen atoms in total. The van der Waals surface area contributed by atoms with E-state index in [1.165, 1.54) is 10.2 Å². The lowest BCUT2D eigenvalue weighted by molar-refractivity contribution is -0.119.